The van der Waals surface area contributed by atoms with Crippen molar-refractivity contribution in [1.82, 2.24) is 0 Å². The SMILES string of the molecule is Cc1ccc(N(Cc2ccc([N+](=O)[O-])cc2)C(=O)c2cccs2)cc1. The molecule has 25 heavy (non-hydrogen) atoms. The molecule has 1 aromatic heterocycles. The molecule has 0 spiro atoms. The Morgan fingerprint density at radius 1 is 1.08 bits per heavy atom. The van der Waals surface area contributed by atoms with Crippen LogP contribution in [0.25, 0.3) is 0 Å². The molecule has 0 saturated heterocycles. The van der Waals surface area contributed by atoms with Crippen LogP contribution in [0.5, 0.6) is 0 Å². The minimum Gasteiger partial charge on any atom is -0.303 e. The highest BCUT2D eigenvalue weighted by Gasteiger charge is 2.19. The Bertz CT molecular complexity index is 872. The van der Waals surface area contributed by atoms with Gasteiger partial charge in [0.2, 0.25) is 0 Å². The Kier molecular flexibility index (Phi) is 4.90. The van der Waals surface area contributed by atoms with E-state index in [0.717, 1.165) is 16.8 Å². The van der Waals surface area contributed by atoms with Crippen molar-refractivity contribution in [2.24, 2.45) is 0 Å². The highest BCUT2D eigenvalue weighted by Crippen LogP contribution is 2.23. The third kappa shape index (κ3) is 3.92. The second-order valence-corrected chi connectivity index (χ2v) is 6.58. The summed E-state index contributed by atoms with van der Waals surface area (Å²) in [6.07, 6.45) is 0. The standard InChI is InChI=1S/C19H16N2O3S/c1-14-4-8-16(9-5-14)20(19(22)18-3-2-12-25-18)13-15-6-10-17(11-7-15)21(23)24/h2-12H,13H2,1H3. The van der Waals surface area contributed by atoms with Gasteiger partial charge in [0.05, 0.1) is 16.3 Å². The Balaban J connectivity index is 1.91. The summed E-state index contributed by atoms with van der Waals surface area (Å²) in [6, 6.07) is 17.7. The molecule has 0 radical (unpaired) electrons. The van der Waals surface area contributed by atoms with Crippen LogP contribution in [0.3, 0.4) is 0 Å². The fourth-order valence-corrected chi connectivity index (χ4v) is 3.12. The van der Waals surface area contributed by atoms with Gasteiger partial charge in [-0.05, 0) is 36.1 Å². The van der Waals surface area contributed by atoms with Gasteiger partial charge in [-0.3, -0.25) is 14.9 Å². The van der Waals surface area contributed by atoms with Crippen molar-refractivity contribution in [3.63, 3.8) is 0 Å². The van der Waals surface area contributed by atoms with Gasteiger partial charge in [-0.2, -0.15) is 0 Å². The Labute approximate surface area is 149 Å². The van der Waals surface area contributed by atoms with Gasteiger partial charge >= 0.3 is 0 Å². The van der Waals surface area contributed by atoms with E-state index >= 15 is 0 Å². The molecule has 3 rings (SSSR count). The van der Waals surface area contributed by atoms with Gasteiger partial charge in [0.1, 0.15) is 0 Å². The monoisotopic (exact) mass is 352 g/mol. The first-order chi connectivity index (χ1) is 12.0. The van der Waals surface area contributed by atoms with Crippen LogP contribution in [-0.4, -0.2) is 10.8 Å². The van der Waals surface area contributed by atoms with E-state index in [0.29, 0.717) is 11.4 Å². The second kappa shape index (κ2) is 7.27. The van der Waals surface area contributed by atoms with E-state index < -0.39 is 4.92 Å². The third-order valence-electron chi connectivity index (χ3n) is 3.81. The molecule has 2 aromatic carbocycles. The van der Waals surface area contributed by atoms with E-state index in [1.807, 2.05) is 42.6 Å². The highest BCUT2D eigenvalue weighted by molar-refractivity contribution is 7.12. The number of anilines is 1. The average molecular weight is 352 g/mol. The molecule has 0 atom stereocenters. The number of amides is 1. The predicted octanol–water partition coefficient (Wildman–Crippen LogP) is 4.81. The van der Waals surface area contributed by atoms with Crippen LogP contribution < -0.4 is 4.90 Å². The molecular weight excluding hydrogens is 336 g/mol. The third-order valence-corrected chi connectivity index (χ3v) is 4.67. The van der Waals surface area contributed by atoms with Crippen molar-refractivity contribution < 1.29 is 9.72 Å². The molecule has 0 aliphatic carbocycles. The predicted molar refractivity (Wildman–Crippen MR) is 99.1 cm³/mol. The lowest BCUT2D eigenvalue weighted by Gasteiger charge is -2.22. The molecule has 0 saturated carbocycles. The van der Waals surface area contributed by atoms with Crippen molar-refractivity contribution in [1.29, 1.82) is 0 Å². The summed E-state index contributed by atoms with van der Waals surface area (Å²) in [5.41, 5.74) is 2.77. The second-order valence-electron chi connectivity index (χ2n) is 5.63. The zero-order valence-electron chi connectivity index (χ0n) is 13.6. The largest absolute Gasteiger partial charge is 0.303 e. The number of carbonyl (C=O) groups is 1. The number of non-ortho nitro benzene ring substituents is 1. The molecular formula is C19H16N2O3S. The van der Waals surface area contributed by atoms with Gasteiger partial charge in [0.15, 0.2) is 0 Å². The highest BCUT2D eigenvalue weighted by atomic mass is 32.1. The van der Waals surface area contributed by atoms with Crippen molar-refractivity contribution in [2.75, 3.05) is 4.90 Å². The molecule has 0 N–H and O–H groups in total. The molecule has 1 heterocycles. The van der Waals surface area contributed by atoms with Crippen molar-refractivity contribution in [2.45, 2.75) is 13.5 Å². The summed E-state index contributed by atoms with van der Waals surface area (Å²) >= 11 is 1.39. The van der Waals surface area contributed by atoms with Gasteiger partial charge in [-0.1, -0.05) is 35.9 Å². The first kappa shape index (κ1) is 16.9. The molecule has 5 nitrogen and oxygen atoms in total. The quantitative estimate of drug-likeness (QED) is 0.489. The van der Waals surface area contributed by atoms with Gasteiger partial charge in [-0.25, -0.2) is 0 Å². The maximum Gasteiger partial charge on any atom is 0.269 e. The number of thiophene rings is 1. The van der Waals surface area contributed by atoms with Crippen LogP contribution in [0, 0.1) is 17.0 Å². The summed E-state index contributed by atoms with van der Waals surface area (Å²) in [5.74, 6) is -0.0859. The molecule has 3 aromatic rings. The van der Waals surface area contributed by atoms with Crippen molar-refractivity contribution in [3.05, 3.63) is 92.2 Å². The maximum atomic E-state index is 12.9. The zero-order chi connectivity index (χ0) is 17.8. The summed E-state index contributed by atoms with van der Waals surface area (Å²) < 4.78 is 0. The van der Waals surface area contributed by atoms with Gasteiger partial charge in [0, 0.05) is 17.8 Å². The van der Waals surface area contributed by atoms with Crippen LogP contribution >= 0.6 is 11.3 Å². The minimum absolute atomic E-state index is 0.0372. The van der Waals surface area contributed by atoms with Crippen LogP contribution in [0.1, 0.15) is 20.8 Å². The number of rotatable bonds is 5. The van der Waals surface area contributed by atoms with E-state index in [2.05, 4.69) is 0 Å². The number of hydrogen-bond donors (Lipinski definition) is 0. The lowest BCUT2D eigenvalue weighted by molar-refractivity contribution is -0.384. The Morgan fingerprint density at radius 2 is 1.76 bits per heavy atom. The lowest BCUT2D eigenvalue weighted by Crippen LogP contribution is -2.29. The fourth-order valence-electron chi connectivity index (χ4n) is 2.44. The van der Waals surface area contributed by atoms with Crippen LogP contribution in [0.4, 0.5) is 11.4 Å². The summed E-state index contributed by atoms with van der Waals surface area (Å²) in [6.45, 7) is 2.34. The Morgan fingerprint density at radius 3 is 2.32 bits per heavy atom. The van der Waals surface area contributed by atoms with Gasteiger partial charge < -0.3 is 4.90 Å². The summed E-state index contributed by atoms with van der Waals surface area (Å²) in [5, 5.41) is 12.7. The van der Waals surface area contributed by atoms with E-state index in [1.54, 1.807) is 23.1 Å². The zero-order valence-corrected chi connectivity index (χ0v) is 14.4. The van der Waals surface area contributed by atoms with Crippen LogP contribution in [0.2, 0.25) is 0 Å². The number of benzene rings is 2. The van der Waals surface area contributed by atoms with Gasteiger partial charge in [-0.15, -0.1) is 11.3 Å². The topological polar surface area (TPSA) is 63.4 Å². The molecule has 6 heteroatoms. The average Bonchev–Trinajstić information content (AvgIpc) is 3.15. The Hall–Kier alpha value is -2.99. The molecule has 0 unspecified atom stereocenters. The number of aryl methyl sites for hydroxylation is 1. The number of nitro groups is 1. The van der Waals surface area contributed by atoms with Crippen LogP contribution in [0.15, 0.2) is 66.0 Å². The van der Waals surface area contributed by atoms with E-state index in [-0.39, 0.29) is 11.6 Å². The molecule has 0 bridgehead atoms. The summed E-state index contributed by atoms with van der Waals surface area (Å²) in [4.78, 5) is 25.6. The fraction of sp³-hybridized carbons (Fsp3) is 0.105. The van der Waals surface area contributed by atoms with Crippen molar-refractivity contribution >= 4 is 28.6 Å². The van der Waals surface area contributed by atoms with Gasteiger partial charge in [0.25, 0.3) is 11.6 Å². The number of nitrogens with zero attached hydrogens (tertiary/aromatic N) is 2. The van der Waals surface area contributed by atoms with E-state index in [4.69, 9.17) is 0 Å². The van der Waals surface area contributed by atoms with Crippen molar-refractivity contribution in [3.8, 4) is 0 Å². The molecule has 126 valence electrons. The number of carbonyl (C=O) groups excluding carboxylic acids is 1. The first-order valence-corrected chi connectivity index (χ1v) is 8.58. The van der Waals surface area contributed by atoms with Crippen LogP contribution in [-0.2, 0) is 6.54 Å². The number of hydrogen-bond acceptors (Lipinski definition) is 4. The molecule has 0 aliphatic heterocycles. The summed E-state index contributed by atoms with van der Waals surface area (Å²) in [7, 11) is 0. The maximum absolute atomic E-state index is 12.9. The molecule has 0 fully saturated rings. The normalized spacial score (nSPS) is 10.4. The first-order valence-electron chi connectivity index (χ1n) is 7.70. The molecule has 1 amide bonds. The smallest absolute Gasteiger partial charge is 0.269 e. The van der Waals surface area contributed by atoms with E-state index in [9.17, 15) is 14.9 Å². The lowest BCUT2D eigenvalue weighted by atomic mass is 10.1. The molecule has 0 aliphatic rings. The van der Waals surface area contributed by atoms with E-state index in [1.165, 1.54) is 23.5 Å². The number of nitro benzene ring substituents is 1. The minimum atomic E-state index is -0.432.